The Labute approximate surface area is 197 Å². The van der Waals surface area contributed by atoms with Crippen molar-refractivity contribution in [2.24, 2.45) is 0 Å². The normalized spacial score (nSPS) is 11.1. The number of anilines is 1. The van der Waals surface area contributed by atoms with Gasteiger partial charge in [0.25, 0.3) is 0 Å². The van der Waals surface area contributed by atoms with E-state index in [-0.39, 0.29) is 5.91 Å². The van der Waals surface area contributed by atoms with E-state index < -0.39 is 0 Å². The van der Waals surface area contributed by atoms with Crippen LogP contribution in [0, 0.1) is 20.8 Å². The molecule has 0 aliphatic carbocycles. The zero-order chi connectivity index (χ0) is 22.5. The van der Waals surface area contributed by atoms with Gasteiger partial charge >= 0.3 is 0 Å². The first-order valence-corrected chi connectivity index (χ1v) is 12.6. The van der Waals surface area contributed by atoms with Crippen LogP contribution in [0.5, 0.6) is 0 Å². The van der Waals surface area contributed by atoms with Crippen molar-refractivity contribution in [1.29, 1.82) is 0 Å². The zero-order valence-corrected chi connectivity index (χ0v) is 20.3. The lowest BCUT2D eigenvalue weighted by molar-refractivity contribution is -0.118. The van der Waals surface area contributed by atoms with Crippen LogP contribution in [0.3, 0.4) is 0 Å². The summed E-state index contributed by atoms with van der Waals surface area (Å²) in [4.78, 5) is 25.3. The summed E-state index contributed by atoms with van der Waals surface area (Å²) < 4.78 is 1.12. The van der Waals surface area contributed by atoms with E-state index in [1.807, 2.05) is 17.0 Å². The molecule has 2 aromatic heterocycles. The van der Waals surface area contributed by atoms with E-state index >= 15 is 0 Å². The van der Waals surface area contributed by atoms with Crippen LogP contribution < -0.4 is 4.90 Å². The highest BCUT2D eigenvalue weighted by Gasteiger charge is 2.20. The fourth-order valence-corrected chi connectivity index (χ4v) is 5.60. The van der Waals surface area contributed by atoms with Crippen molar-refractivity contribution >= 4 is 44.4 Å². The van der Waals surface area contributed by atoms with E-state index in [1.54, 1.807) is 35.5 Å². The number of thioether (sulfide) groups is 1. The highest BCUT2D eigenvalue weighted by Crippen LogP contribution is 2.33. The van der Waals surface area contributed by atoms with Crippen LogP contribution in [0.25, 0.3) is 10.2 Å². The summed E-state index contributed by atoms with van der Waals surface area (Å²) in [5, 5.41) is 0.765. The minimum atomic E-state index is 0.111. The number of hydrogen-bond donors (Lipinski definition) is 0. The second kappa shape index (κ2) is 10.3. The highest BCUT2D eigenvalue weighted by molar-refractivity contribution is 7.99. The number of nitrogens with zero attached hydrogens (tertiary/aromatic N) is 3. The van der Waals surface area contributed by atoms with Crippen molar-refractivity contribution in [3.05, 3.63) is 83.2 Å². The van der Waals surface area contributed by atoms with Gasteiger partial charge in [-0.05, 0) is 80.0 Å². The minimum Gasteiger partial charge on any atom is -0.284 e. The Balaban J connectivity index is 1.49. The number of carbonyl (C=O) groups excluding carboxylic acids is 1. The second-order valence-corrected chi connectivity index (χ2v) is 10.2. The standard InChI is InChI=1S/C26H27N3OS2/c1-18-6-8-22(9-7-18)31-14-4-5-24(30)29(17-21-10-12-27-13-11-21)26-28-25-20(3)15-19(2)16-23(25)32-26/h6-13,15-16H,4-5,14,17H2,1-3H3. The number of benzene rings is 2. The van der Waals surface area contributed by atoms with Gasteiger partial charge in [-0.15, -0.1) is 11.8 Å². The Morgan fingerprint density at radius 1 is 1.00 bits per heavy atom. The predicted octanol–water partition coefficient (Wildman–Crippen LogP) is 6.72. The molecular formula is C26H27N3OS2. The maximum atomic E-state index is 13.3. The van der Waals surface area contributed by atoms with Crippen molar-refractivity contribution in [2.45, 2.75) is 45.1 Å². The van der Waals surface area contributed by atoms with Gasteiger partial charge in [0, 0.05) is 23.7 Å². The van der Waals surface area contributed by atoms with Crippen LogP contribution in [0.1, 0.15) is 35.1 Å². The van der Waals surface area contributed by atoms with Crippen molar-refractivity contribution in [2.75, 3.05) is 10.7 Å². The molecule has 0 unspecified atom stereocenters. The third-order valence-electron chi connectivity index (χ3n) is 5.27. The molecule has 0 radical (unpaired) electrons. The maximum absolute atomic E-state index is 13.3. The molecule has 4 aromatic rings. The molecule has 0 fully saturated rings. The van der Waals surface area contributed by atoms with E-state index in [2.05, 4.69) is 62.2 Å². The molecule has 1 amide bonds. The molecule has 32 heavy (non-hydrogen) atoms. The third-order valence-corrected chi connectivity index (χ3v) is 7.39. The molecule has 4 rings (SSSR count). The number of hydrogen-bond acceptors (Lipinski definition) is 5. The van der Waals surface area contributed by atoms with Crippen molar-refractivity contribution in [3.63, 3.8) is 0 Å². The Bertz CT molecular complexity index is 1200. The van der Waals surface area contributed by atoms with Crippen LogP contribution in [0.4, 0.5) is 5.13 Å². The SMILES string of the molecule is Cc1ccc(SCCCC(=O)N(Cc2ccncc2)c2nc3c(C)cc(C)cc3s2)cc1. The van der Waals surface area contributed by atoms with Gasteiger partial charge in [0.15, 0.2) is 5.13 Å². The second-order valence-electron chi connectivity index (χ2n) is 8.03. The molecule has 2 heterocycles. The Hall–Kier alpha value is -2.70. The van der Waals surface area contributed by atoms with Gasteiger partial charge in [-0.3, -0.25) is 14.7 Å². The lowest BCUT2D eigenvalue weighted by atomic mass is 10.1. The molecular weight excluding hydrogens is 434 g/mol. The van der Waals surface area contributed by atoms with Crippen molar-refractivity contribution < 1.29 is 4.79 Å². The van der Waals surface area contributed by atoms with Gasteiger partial charge in [0.1, 0.15) is 0 Å². The number of amides is 1. The summed E-state index contributed by atoms with van der Waals surface area (Å²) in [7, 11) is 0. The molecule has 4 nitrogen and oxygen atoms in total. The molecule has 0 saturated carbocycles. The topological polar surface area (TPSA) is 46.1 Å². The predicted molar refractivity (Wildman–Crippen MR) is 136 cm³/mol. The summed E-state index contributed by atoms with van der Waals surface area (Å²) in [5.74, 6) is 1.02. The first-order chi connectivity index (χ1) is 15.5. The van der Waals surface area contributed by atoms with Gasteiger partial charge < -0.3 is 0 Å². The van der Waals surface area contributed by atoms with E-state index in [9.17, 15) is 4.79 Å². The Morgan fingerprint density at radius 3 is 2.50 bits per heavy atom. The number of fused-ring (bicyclic) bond motifs is 1. The van der Waals surface area contributed by atoms with Gasteiger partial charge in [-0.1, -0.05) is 35.1 Å². The van der Waals surface area contributed by atoms with Gasteiger partial charge in [-0.2, -0.15) is 0 Å². The average Bonchev–Trinajstić information content (AvgIpc) is 3.21. The molecule has 0 aliphatic heterocycles. The lowest BCUT2D eigenvalue weighted by Crippen LogP contribution is -2.30. The van der Waals surface area contributed by atoms with Crippen molar-refractivity contribution in [3.8, 4) is 0 Å². The molecule has 0 atom stereocenters. The number of pyridine rings is 1. The van der Waals surface area contributed by atoms with E-state index in [0.717, 1.165) is 38.6 Å². The molecule has 0 bridgehead atoms. The van der Waals surface area contributed by atoms with Gasteiger partial charge in [0.2, 0.25) is 5.91 Å². The largest absolute Gasteiger partial charge is 0.284 e. The van der Waals surface area contributed by atoms with Crippen LogP contribution in [-0.2, 0) is 11.3 Å². The summed E-state index contributed by atoms with van der Waals surface area (Å²) in [6.45, 7) is 6.77. The Kier molecular flexibility index (Phi) is 7.22. The fourth-order valence-electron chi connectivity index (χ4n) is 3.59. The van der Waals surface area contributed by atoms with Gasteiger partial charge in [0.05, 0.1) is 16.8 Å². The quantitative estimate of drug-likeness (QED) is 0.216. The molecule has 0 spiro atoms. The first-order valence-electron chi connectivity index (χ1n) is 10.8. The van der Waals surface area contributed by atoms with E-state index in [1.165, 1.54) is 16.0 Å². The monoisotopic (exact) mass is 461 g/mol. The molecule has 0 aliphatic rings. The molecule has 6 heteroatoms. The maximum Gasteiger partial charge on any atom is 0.229 e. The summed E-state index contributed by atoms with van der Waals surface area (Å²) in [5.41, 5.74) is 5.66. The van der Waals surface area contributed by atoms with Crippen LogP contribution in [0.15, 0.2) is 65.8 Å². The fraction of sp³-hybridized carbons (Fsp3) is 0.269. The third kappa shape index (κ3) is 5.56. The highest BCUT2D eigenvalue weighted by atomic mass is 32.2. The van der Waals surface area contributed by atoms with E-state index in [4.69, 9.17) is 4.98 Å². The number of aryl methyl sites for hydroxylation is 3. The van der Waals surface area contributed by atoms with E-state index in [0.29, 0.717) is 13.0 Å². The molecule has 0 saturated heterocycles. The summed E-state index contributed by atoms with van der Waals surface area (Å²) >= 11 is 3.39. The zero-order valence-electron chi connectivity index (χ0n) is 18.7. The number of thiazole rings is 1. The smallest absolute Gasteiger partial charge is 0.229 e. The number of carbonyl (C=O) groups is 1. The van der Waals surface area contributed by atoms with Crippen LogP contribution in [-0.4, -0.2) is 21.6 Å². The number of aromatic nitrogens is 2. The van der Waals surface area contributed by atoms with Crippen molar-refractivity contribution in [1.82, 2.24) is 9.97 Å². The molecule has 164 valence electrons. The minimum absolute atomic E-state index is 0.111. The first kappa shape index (κ1) is 22.5. The van der Waals surface area contributed by atoms with Gasteiger partial charge in [-0.25, -0.2) is 4.98 Å². The summed E-state index contributed by atoms with van der Waals surface area (Å²) in [6, 6.07) is 16.7. The van der Waals surface area contributed by atoms with Crippen LogP contribution in [0.2, 0.25) is 0 Å². The summed E-state index contributed by atoms with van der Waals surface area (Å²) in [6.07, 6.45) is 4.86. The Morgan fingerprint density at radius 2 is 1.75 bits per heavy atom. The number of rotatable bonds is 8. The van der Waals surface area contributed by atoms with Crippen LogP contribution >= 0.6 is 23.1 Å². The average molecular weight is 462 g/mol. The molecule has 0 N–H and O–H groups in total. The lowest BCUT2D eigenvalue weighted by Gasteiger charge is -2.20. The molecule has 2 aromatic carbocycles.